The molecule has 2 aromatic carbocycles. The minimum atomic E-state index is -1.56. The van der Waals surface area contributed by atoms with Crippen LogP contribution in [-0.2, 0) is 16.2 Å². The van der Waals surface area contributed by atoms with E-state index in [0.717, 1.165) is 28.8 Å². The quantitative estimate of drug-likeness (QED) is 0.660. The van der Waals surface area contributed by atoms with Crippen molar-refractivity contribution in [3.63, 3.8) is 0 Å². The third kappa shape index (κ3) is 3.98. The van der Waals surface area contributed by atoms with Gasteiger partial charge in [0.25, 0.3) is 5.91 Å². The maximum Gasteiger partial charge on any atom is 0.261 e. The number of carbonyl (C=O) groups is 1. The van der Waals surface area contributed by atoms with Crippen molar-refractivity contribution in [2.24, 2.45) is 0 Å². The molecule has 0 spiro atoms. The van der Waals surface area contributed by atoms with E-state index in [9.17, 15) is 9.35 Å². The van der Waals surface area contributed by atoms with Gasteiger partial charge >= 0.3 is 0 Å². The van der Waals surface area contributed by atoms with Crippen LogP contribution in [0.2, 0.25) is 0 Å². The van der Waals surface area contributed by atoms with Crippen LogP contribution in [0.3, 0.4) is 0 Å². The van der Waals surface area contributed by atoms with E-state index in [-0.39, 0.29) is 5.91 Å². The Morgan fingerprint density at radius 3 is 2.46 bits per heavy atom. The molecule has 0 radical (unpaired) electrons. The Balaban J connectivity index is 1.86. The maximum atomic E-state index is 12.2. The molecule has 3 rings (SSSR count). The molecule has 1 heterocycles. The lowest BCUT2D eigenvalue weighted by Gasteiger charge is -2.10. The zero-order chi connectivity index (χ0) is 18.5. The zero-order valence-corrected chi connectivity index (χ0v) is 15.5. The fourth-order valence-electron chi connectivity index (χ4n) is 2.69. The number of carbonyl (C=O) groups excluding carboxylic acids is 1. The molecule has 6 heteroatoms. The number of nitrogens with one attached hydrogen (secondary N) is 1. The van der Waals surface area contributed by atoms with Crippen molar-refractivity contribution < 1.29 is 13.9 Å². The van der Waals surface area contributed by atoms with Crippen molar-refractivity contribution in [3.05, 3.63) is 60.4 Å². The molecule has 0 fully saturated rings. The van der Waals surface area contributed by atoms with Crippen LogP contribution < -0.4 is 4.72 Å². The van der Waals surface area contributed by atoms with E-state index >= 15 is 0 Å². The smallest absolute Gasteiger partial charge is 0.261 e. The minimum absolute atomic E-state index is 0.212. The fourth-order valence-corrected chi connectivity index (χ4v) is 3.50. The molecule has 1 atom stereocenters. The summed E-state index contributed by atoms with van der Waals surface area (Å²) in [6, 6.07) is 17.0. The number of aromatic nitrogens is 1. The summed E-state index contributed by atoms with van der Waals surface area (Å²) in [6.45, 7) is 3.77. The van der Waals surface area contributed by atoms with Gasteiger partial charge in [-0.1, -0.05) is 42.4 Å². The first-order valence-electron chi connectivity index (χ1n) is 8.43. The molecule has 0 aliphatic carbocycles. The molecule has 0 bridgehead atoms. The molecule has 26 heavy (non-hydrogen) atoms. The molecule has 1 amide bonds. The van der Waals surface area contributed by atoms with Gasteiger partial charge in [0.15, 0.2) is 4.90 Å². The van der Waals surface area contributed by atoms with Crippen molar-refractivity contribution in [2.45, 2.75) is 31.6 Å². The Morgan fingerprint density at radius 1 is 1.12 bits per heavy atom. The molecule has 3 aromatic rings. The van der Waals surface area contributed by atoms with Gasteiger partial charge in [0.05, 0.1) is 5.56 Å². The molecular weight excluding hydrogens is 348 g/mol. The lowest BCUT2D eigenvalue weighted by atomic mass is 10.00. The summed E-state index contributed by atoms with van der Waals surface area (Å²) in [5.41, 5.74) is 3.57. The first-order valence-corrected chi connectivity index (χ1v) is 9.58. The van der Waals surface area contributed by atoms with Gasteiger partial charge in [0.1, 0.15) is 22.8 Å². The monoisotopic (exact) mass is 368 g/mol. The Hall–Kier alpha value is -2.57. The lowest BCUT2D eigenvalue weighted by Crippen LogP contribution is -2.30. The van der Waals surface area contributed by atoms with Crippen LogP contribution in [0.5, 0.6) is 0 Å². The van der Waals surface area contributed by atoms with E-state index in [1.807, 2.05) is 56.3 Å². The summed E-state index contributed by atoms with van der Waals surface area (Å²) >= 11 is -1.56. The van der Waals surface area contributed by atoms with Crippen molar-refractivity contribution in [1.82, 2.24) is 9.88 Å². The second-order valence-electron chi connectivity index (χ2n) is 5.90. The minimum Gasteiger partial charge on any atom is -0.588 e. The molecule has 0 saturated heterocycles. The summed E-state index contributed by atoms with van der Waals surface area (Å²) in [5.74, 6) is 0.505. The number of hydrogen-bond donors (Lipinski definition) is 1. The second kappa shape index (κ2) is 8.21. The maximum absolute atomic E-state index is 12.2. The van der Waals surface area contributed by atoms with Crippen molar-refractivity contribution >= 4 is 17.3 Å². The summed E-state index contributed by atoms with van der Waals surface area (Å²) in [7, 11) is 0. The molecule has 1 N–H and O–H groups in total. The highest BCUT2D eigenvalue weighted by Gasteiger charge is 2.19. The third-order valence-corrected chi connectivity index (χ3v) is 5.06. The molecule has 1 unspecified atom stereocenters. The molecule has 5 nitrogen and oxygen atoms in total. The van der Waals surface area contributed by atoms with Crippen LogP contribution in [0, 0.1) is 6.92 Å². The molecule has 0 saturated carbocycles. The normalized spacial score (nSPS) is 12.0. The number of aryl methyl sites for hydroxylation is 1. The van der Waals surface area contributed by atoms with Gasteiger partial charge in [-0.25, -0.2) is 0 Å². The van der Waals surface area contributed by atoms with E-state index in [0.29, 0.717) is 17.1 Å². The van der Waals surface area contributed by atoms with Crippen molar-refractivity contribution in [1.29, 1.82) is 0 Å². The van der Waals surface area contributed by atoms with Gasteiger partial charge in [0, 0.05) is 12.0 Å². The topological polar surface area (TPSA) is 78.2 Å². The van der Waals surface area contributed by atoms with Gasteiger partial charge in [0.2, 0.25) is 0 Å². The molecule has 1 aromatic heterocycles. The highest BCUT2D eigenvalue weighted by molar-refractivity contribution is 7.90. The van der Waals surface area contributed by atoms with Crippen molar-refractivity contribution in [3.8, 4) is 22.4 Å². The summed E-state index contributed by atoms with van der Waals surface area (Å²) in [6.07, 6.45) is 1.08. The predicted octanol–water partition coefficient (Wildman–Crippen LogP) is 4.26. The summed E-state index contributed by atoms with van der Waals surface area (Å²) < 4.78 is 20.1. The van der Waals surface area contributed by atoms with Crippen LogP contribution in [-0.4, -0.2) is 15.6 Å². The first kappa shape index (κ1) is 18.2. The van der Waals surface area contributed by atoms with Crippen LogP contribution >= 0.6 is 0 Å². The predicted molar refractivity (Wildman–Crippen MR) is 102 cm³/mol. The van der Waals surface area contributed by atoms with E-state index in [1.165, 1.54) is 0 Å². The number of rotatable bonds is 6. The van der Waals surface area contributed by atoms with E-state index in [4.69, 9.17) is 4.52 Å². The van der Waals surface area contributed by atoms with Crippen LogP contribution in [0.4, 0.5) is 0 Å². The lowest BCUT2D eigenvalue weighted by molar-refractivity contribution is -0.119. The van der Waals surface area contributed by atoms with Gasteiger partial charge in [-0.15, -0.1) is 0 Å². The Bertz CT molecular complexity index is 876. The highest BCUT2D eigenvalue weighted by Crippen LogP contribution is 2.34. The summed E-state index contributed by atoms with van der Waals surface area (Å²) in [5, 5.41) is 4.19. The highest BCUT2D eigenvalue weighted by atomic mass is 32.2. The SMILES string of the molecule is CCCC(=O)N[S+]([O-])c1ccc(-c2c(-c3ccccc3)noc2C)cc1. The molecule has 0 aliphatic heterocycles. The zero-order valence-electron chi connectivity index (χ0n) is 14.7. The summed E-state index contributed by atoms with van der Waals surface area (Å²) in [4.78, 5) is 12.2. The third-order valence-electron chi connectivity index (χ3n) is 3.95. The number of benzene rings is 2. The standard InChI is InChI=1S/C20H20N2O3S/c1-3-7-18(23)22-26(24)17-12-10-15(11-13-17)19-14(2)25-21-20(19)16-8-5-4-6-9-16/h4-6,8-13H,3,7H2,1-2H3,(H,22,23). The van der Waals surface area contributed by atoms with Gasteiger partial charge in [-0.05, 0) is 43.2 Å². The average molecular weight is 368 g/mol. The Labute approximate surface area is 155 Å². The van der Waals surface area contributed by atoms with Crippen molar-refractivity contribution in [2.75, 3.05) is 0 Å². The van der Waals surface area contributed by atoms with Crippen LogP contribution in [0.25, 0.3) is 22.4 Å². The molecule has 0 aliphatic rings. The van der Waals surface area contributed by atoms with Crippen LogP contribution in [0.1, 0.15) is 25.5 Å². The van der Waals surface area contributed by atoms with E-state index < -0.39 is 11.4 Å². The average Bonchev–Trinajstić information content (AvgIpc) is 3.04. The van der Waals surface area contributed by atoms with Gasteiger partial charge in [-0.3, -0.25) is 4.79 Å². The molecule has 134 valence electrons. The molecular formula is C20H20N2O3S. The Morgan fingerprint density at radius 2 is 1.81 bits per heavy atom. The van der Waals surface area contributed by atoms with E-state index in [1.54, 1.807) is 12.1 Å². The fraction of sp³-hybridized carbons (Fsp3) is 0.200. The largest absolute Gasteiger partial charge is 0.588 e. The number of amides is 1. The number of nitrogens with zero attached hydrogens (tertiary/aromatic N) is 1. The Kier molecular flexibility index (Phi) is 5.75. The van der Waals surface area contributed by atoms with Gasteiger partial charge in [-0.2, -0.15) is 4.72 Å². The number of hydrogen-bond acceptors (Lipinski definition) is 4. The first-order chi connectivity index (χ1) is 12.6. The van der Waals surface area contributed by atoms with E-state index in [2.05, 4.69) is 9.88 Å². The van der Waals surface area contributed by atoms with Gasteiger partial charge < -0.3 is 9.08 Å². The van der Waals surface area contributed by atoms with Crippen LogP contribution in [0.15, 0.2) is 64.0 Å². The second-order valence-corrected chi connectivity index (χ2v) is 7.11.